The summed E-state index contributed by atoms with van der Waals surface area (Å²) in [5.41, 5.74) is 5.17. The molecule has 0 aromatic rings. The minimum absolute atomic E-state index is 0.662. The topological polar surface area (TPSA) is 88.4 Å². The molecule has 0 bridgehead atoms. The number of halogens is 2. The van der Waals surface area contributed by atoms with Crippen LogP contribution in [0.2, 0.25) is 0 Å². The van der Waals surface area contributed by atoms with Crippen molar-refractivity contribution in [2.45, 2.75) is 6.04 Å². The van der Waals surface area contributed by atoms with Crippen molar-refractivity contribution in [3.05, 3.63) is 0 Å². The van der Waals surface area contributed by atoms with Crippen LogP contribution in [0, 0.1) is 0 Å². The average molecular weight is 372 g/mol. The van der Waals surface area contributed by atoms with E-state index >= 15 is 0 Å². The molecule has 1 saturated heterocycles. The van der Waals surface area contributed by atoms with Gasteiger partial charge in [0.25, 0.3) is 0 Å². The Morgan fingerprint density at radius 2 is 1.90 bits per heavy atom. The van der Waals surface area contributed by atoms with E-state index in [1.807, 2.05) is 0 Å². The summed E-state index contributed by atoms with van der Waals surface area (Å²) >= 11 is -4.00. The van der Waals surface area contributed by atoms with E-state index in [1.165, 1.54) is 0 Å². The zero-order valence-electron chi connectivity index (χ0n) is 5.04. The maximum absolute atomic E-state index is 7.79. The van der Waals surface area contributed by atoms with Crippen LogP contribution in [0.5, 0.6) is 0 Å². The summed E-state index contributed by atoms with van der Waals surface area (Å²) < 4.78 is 15.6. The molecular formula is C3H10Cl2N2O2Pt. The molecule has 1 aliphatic rings. The number of rotatable bonds is 1. The Hall–Kier alpha value is 1.11. The molecule has 1 rings (SSSR count). The first kappa shape index (κ1) is 11.1. The molecule has 0 aromatic heterocycles. The molecule has 0 radical (unpaired) electrons. The molecule has 1 unspecified atom stereocenters. The Bertz CT molecular complexity index is 89.0. The Morgan fingerprint density at radius 3 is 1.90 bits per heavy atom. The molecule has 0 aromatic carbocycles. The molecule has 1 atom stereocenters. The third-order valence-electron chi connectivity index (χ3n) is 0.777. The summed E-state index contributed by atoms with van der Waals surface area (Å²) in [4.78, 5) is 0. The van der Waals surface area contributed by atoms with Gasteiger partial charge in [0.1, 0.15) is 0 Å². The molecular weight excluding hydrogens is 362 g/mol. The third-order valence-corrected chi connectivity index (χ3v) is 0.777. The van der Waals surface area contributed by atoms with Crippen molar-refractivity contribution in [1.29, 1.82) is 0 Å². The Labute approximate surface area is 71.3 Å². The summed E-state index contributed by atoms with van der Waals surface area (Å²) in [6, 6.07) is 0.662. The van der Waals surface area contributed by atoms with Crippen molar-refractivity contribution in [2.24, 2.45) is 5.73 Å². The summed E-state index contributed by atoms with van der Waals surface area (Å²) in [6.07, 6.45) is 0. The molecule has 0 saturated carbocycles. The van der Waals surface area contributed by atoms with E-state index in [0.29, 0.717) is 6.04 Å². The minimum atomic E-state index is -4.00. The zero-order valence-corrected chi connectivity index (χ0v) is 8.82. The standard InChI is InChI=1S/C3H8N2.2ClH.2H2O.Pt/c4-1-3-2-5-3;;;;;/h3,5H,1-2,4H2;2*1H;2*1H2;/q;;;;;+4/p-4. The van der Waals surface area contributed by atoms with E-state index in [2.05, 4.69) is 24.2 Å². The summed E-state index contributed by atoms with van der Waals surface area (Å²) in [7, 11) is 9.17. The van der Waals surface area contributed by atoms with Gasteiger partial charge in [-0.3, -0.25) is 0 Å². The number of hydrogen-bond donors (Lipinski definition) is 4. The average Bonchev–Trinajstić information content (AvgIpc) is 2.39. The molecule has 7 heteroatoms. The number of nitrogens with one attached hydrogen (secondary N) is 1. The van der Waals surface area contributed by atoms with E-state index in [4.69, 9.17) is 13.3 Å². The zero-order chi connectivity index (χ0) is 8.20. The fourth-order valence-electron chi connectivity index (χ4n) is 0.250. The Kier molecular flexibility index (Phi) is 5.42. The second kappa shape index (κ2) is 4.88. The molecule has 68 valence electrons. The van der Waals surface area contributed by atoms with Crippen LogP contribution in [0.3, 0.4) is 0 Å². The molecule has 1 aliphatic heterocycles. The van der Waals surface area contributed by atoms with Gasteiger partial charge in [-0.25, -0.2) is 0 Å². The summed E-state index contributed by atoms with van der Waals surface area (Å²) in [6.45, 7) is 1.94. The van der Waals surface area contributed by atoms with Crippen LogP contribution in [-0.2, 0) is 14.7 Å². The fourth-order valence-corrected chi connectivity index (χ4v) is 0.250. The van der Waals surface area contributed by atoms with E-state index in [0.717, 1.165) is 13.1 Å². The first-order chi connectivity index (χ1) is 4.43. The predicted octanol–water partition coefficient (Wildman–Crippen LogP) is -0.821. The van der Waals surface area contributed by atoms with Crippen molar-refractivity contribution >= 4 is 18.8 Å². The second-order valence-corrected chi connectivity index (χ2v) is 10.4. The van der Waals surface area contributed by atoms with Gasteiger partial charge in [-0.2, -0.15) is 0 Å². The van der Waals surface area contributed by atoms with Gasteiger partial charge in [-0.05, 0) is 0 Å². The second-order valence-electron chi connectivity index (χ2n) is 1.66. The molecule has 1 heterocycles. The van der Waals surface area contributed by atoms with Crippen molar-refractivity contribution < 1.29 is 22.3 Å². The van der Waals surface area contributed by atoms with Crippen LogP contribution < -0.4 is 11.1 Å². The van der Waals surface area contributed by atoms with Crippen LogP contribution in [0.25, 0.3) is 0 Å². The fraction of sp³-hybridized carbons (Fsp3) is 1.00. The van der Waals surface area contributed by atoms with Crippen LogP contribution in [0.15, 0.2) is 0 Å². The van der Waals surface area contributed by atoms with E-state index in [1.54, 1.807) is 0 Å². The van der Waals surface area contributed by atoms with Gasteiger partial charge in [-0.1, -0.05) is 0 Å². The maximum atomic E-state index is 7.79. The summed E-state index contributed by atoms with van der Waals surface area (Å²) in [5.74, 6) is 0. The van der Waals surface area contributed by atoms with E-state index in [-0.39, 0.29) is 0 Å². The summed E-state index contributed by atoms with van der Waals surface area (Å²) in [5, 5.41) is 3.06. The van der Waals surface area contributed by atoms with Crippen molar-refractivity contribution in [3.63, 3.8) is 0 Å². The Morgan fingerprint density at radius 1 is 1.60 bits per heavy atom. The van der Waals surface area contributed by atoms with Gasteiger partial charge in [0.05, 0.1) is 0 Å². The predicted molar refractivity (Wildman–Crippen MR) is 37.0 cm³/mol. The van der Waals surface area contributed by atoms with Gasteiger partial charge < -0.3 is 11.1 Å². The Balaban J connectivity index is 0.000000162. The van der Waals surface area contributed by atoms with Gasteiger partial charge in [0.15, 0.2) is 0 Å². The van der Waals surface area contributed by atoms with Gasteiger partial charge in [-0.15, -0.1) is 0 Å². The van der Waals surface area contributed by atoms with Gasteiger partial charge in [0, 0.05) is 19.1 Å². The van der Waals surface area contributed by atoms with E-state index < -0.39 is 14.7 Å². The van der Waals surface area contributed by atoms with Crippen molar-refractivity contribution in [3.8, 4) is 0 Å². The normalized spacial score (nSPS) is 24.7. The molecule has 0 amide bonds. The van der Waals surface area contributed by atoms with E-state index in [9.17, 15) is 0 Å². The molecule has 4 nitrogen and oxygen atoms in total. The molecule has 1 fully saturated rings. The molecule has 10 heavy (non-hydrogen) atoms. The SMILES string of the molecule is NCC1CN1.[OH][Pt]([OH])([Cl])[Cl]. The number of nitrogens with two attached hydrogens (primary N) is 1. The molecule has 0 spiro atoms. The van der Waals surface area contributed by atoms with Crippen molar-refractivity contribution in [1.82, 2.24) is 5.32 Å². The van der Waals surface area contributed by atoms with Gasteiger partial charge >= 0.3 is 41.1 Å². The van der Waals surface area contributed by atoms with Crippen LogP contribution >= 0.6 is 18.8 Å². The third kappa shape index (κ3) is 16.0. The first-order valence-electron chi connectivity index (χ1n) is 2.39. The van der Waals surface area contributed by atoms with Crippen LogP contribution in [0.1, 0.15) is 0 Å². The van der Waals surface area contributed by atoms with Crippen LogP contribution in [-0.4, -0.2) is 26.7 Å². The molecule has 5 N–H and O–H groups in total. The number of hydrogen-bond acceptors (Lipinski definition) is 4. The van der Waals surface area contributed by atoms with Crippen molar-refractivity contribution in [2.75, 3.05) is 13.1 Å². The van der Waals surface area contributed by atoms with Crippen LogP contribution in [0.4, 0.5) is 0 Å². The quantitative estimate of drug-likeness (QED) is 0.453. The first-order valence-corrected chi connectivity index (χ1v) is 10.1. The molecule has 0 aliphatic carbocycles. The monoisotopic (exact) mass is 371 g/mol. The van der Waals surface area contributed by atoms with Gasteiger partial charge in [0.2, 0.25) is 0 Å².